The number of amides is 1. The van der Waals surface area contributed by atoms with Crippen LogP contribution in [0.3, 0.4) is 0 Å². The minimum Gasteiger partial charge on any atom is -0.383 e. The van der Waals surface area contributed by atoms with Crippen molar-refractivity contribution in [2.75, 3.05) is 12.8 Å². The van der Waals surface area contributed by atoms with Crippen molar-refractivity contribution in [2.24, 2.45) is 0 Å². The third-order valence-corrected chi connectivity index (χ3v) is 2.94. The van der Waals surface area contributed by atoms with Crippen molar-refractivity contribution in [1.29, 1.82) is 5.26 Å². The number of carbonyl (C=O) groups excluding carboxylic acids is 1. The van der Waals surface area contributed by atoms with E-state index in [1.165, 1.54) is 4.90 Å². The molecular weight excluding hydrogens is 271 g/mol. The molecule has 0 saturated heterocycles. The van der Waals surface area contributed by atoms with Crippen molar-refractivity contribution in [3.63, 3.8) is 0 Å². The van der Waals surface area contributed by atoms with Gasteiger partial charge in [-0.1, -0.05) is 12.1 Å². The summed E-state index contributed by atoms with van der Waals surface area (Å²) in [5.74, 6) is -1.06. The molecule has 21 heavy (non-hydrogen) atoms. The van der Waals surface area contributed by atoms with Crippen LogP contribution < -0.4 is 5.73 Å². The van der Waals surface area contributed by atoms with Gasteiger partial charge in [0.1, 0.15) is 11.6 Å². The quantitative estimate of drug-likeness (QED) is 0.933. The summed E-state index contributed by atoms with van der Waals surface area (Å²) in [7, 11) is 1.58. The molecular formula is C15H13FN4O. The van der Waals surface area contributed by atoms with Gasteiger partial charge in [-0.2, -0.15) is 5.26 Å². The Morgan fingerprint density at radius 3 is 2.95 bits per heavy atom. The lowest BCUT2D eigenvalue weighted by molar-refractivity contribution is 0.0785. The molecule has 6 heteroatoms. The molecule has 0 atom stereocenters. The minimum atomic E-state index is -0.618. The lowest BCUT2D eigenvalue weighted by Crippen LogP contribution is -2.27. The molecule has 0 bridgehead atoms. The smallest absolute Gasteiger partial charge is 0.257 e. The van der Waals surface area contributed by atoms with E-state index in [9.17, 15) is 9.18 Å². The van der Waals surface area contributed by atoms with E-state index in [1.807, 2.05) is 6.07 Å². The molecule has 2 aromatic rings. The van der Waals surface area contributed by atoms with E-state index in [0.29, 0.717) is 5.56 Å². The number of rotatable bonds is 3. The van der Waals surface area contributed by atoms with Gasteiger partial charge in [0, 0.05) is 13.6 Å². The molecule has 0 aliphatic carbocycles. The molecule has 2 N–H and O–H groups in total. The van der Waals surface area contributed by atoms with Gasteiger partial charge in [-0.25, -0.2) is 9.37 Å². The molecule has 106 valence electrons. The van der Waals surface area contributed by atoms with Crippen LogP contribution in [0.5, 0.6) is 0 Å². The molecule has 1 amide bonds. The molecule has 1 aromatic heterocycles. The first-order chi connectivity index (χ1) is 10.0. The van der Waals surface area contributed by atoms with Crippen molar-refractivity contribution >= 4 is 11.7 Å². The van der Waals surface area contributed by atoms with Crippen molar-refractivity contribution in [3.05, 3.63) is 59.0 Å². The number of nitrogens with zero attached hydrogens (tertiary/aromatic N) is 3. The third-order valence-electron chi connectivity index (χ3n) is 2.94. The summed E-state index contributed by atoms with van der Waals surface area (Å²) in [6.45, 7) is 0.282. The summed E-state index contributed by atoms with van der Waals surface area (Å²) in [4.78, 5) is 17.3. The van der Waals surface area contributed by atoms with Gasteiger partial charge in [-0.15, -0.1) is 0 Å². The van der Waals surface area contributed by atoms with Gasteiger partial charge in [0.15, 0.2) is 0 Å². The number of nitrogen functional groups attached to an aromatic ring is 1. The first kappa shape index (κ1) is 14.5. The van der Waals surface area contributed by atoms with Crippen LogP contribution >= 0.6 is 0 Å². The van der Waals surface area contributed by atoms with E-state index in [-0.39, 0.29) is 17.9 Å². The van der Waals surface area contributed by atoms with Crippen molar-refractivity contribution < 1.29 is 9.18 Å². The summed E-state index contributed by atoms with van der Waals surface area (Å²) < 4.78 is 13.2. The largest absolute Gasteiger partial charge is 0.383 e. The zero-order chi connectivity index (χ0) is 15.4. The lowest BCUT2D eigenvalue weighted by atomic mass is 10.1. The second-order valence-corrected chi connectivity index (χ2v) is 4.56. The fourth-order valence-corrected chi connectivity index (χ4v) is 1.91. The maximum atomic E-state index is 13.2. The van der Waals surface area contributed by atoms with Crippen LogP contribution in [-0.2, 0) is 6.54 Å². The summed E-state index contributed by atoms with van der Waals surface area (Å²) >= 11 is 0. The topological polar surface area (TPSA) is 83.0 Å². The number of anilines is 1. The summed E-state index contributed by atoms with van der Waals surface area (Å²) in [5, 5.41) is 8.85. The number of hydrogen-bond acceptors (Lipinski definition) is 4. The number of aromatic nitrogens is 1. The molecule has 0 aliphatic heterocycles. The molecule has 1 aromatic carbocycles. The predicted molar refractivity (Wildman–Crippen MR) is 75.6 cm³/mol. The molecule has 0 fully saturated rings. The van der Waals surface area contributed by atoms with E-state index in [0.717, 1.165) is 17.8 Å². The highest BCUT2D eigenvalue weighted by atomic mass is 19.1. The SMILES string of the molecule is CN(Cc1cccc(C#N)c1)C(=O)c1cc(F)cnc1N. The number of carbonyl (C=O) groups is 1. The van der Waals surface area contributed by atoms with Gasteiger partial charge in [0.2, 0.25) is 0 Å². The highest BCUT2D eigenvalue weighted by molar-refractivity contribution is 5.98. The number of benzene rings is 1. The predicted octanol–water partition coefficient (Wildman–Crippen LogP) is 1.95. The highest BCUT2D eigenvalue weighted by Crippen LogP contribution is 2.14. The van der Waals surface area contributed by atoms with Gasteiger partial charge in [0.25, 0.3) is 5.91 Å². The van der Waals surface area contributed by atoms with Crippen LogP contribution in [0.2, 0.25) is 0 Å². The molecule has 0 unspecified atom stereocenters. The first-order valence-electron chi connectivity index (χ1n) is 6.17. The molecule has 5 nitrogen and oxygen atoms in total. The van der Waals surface area contributed by atoms with E-state index < -0.39 is 11.7 Å². The second-order valence-electron chi connectivity index (χ2n) is 4.56. The van der Waals surface area contributed by atoms with E-state index >= 15 is 0 Å². The van der Waals surface area contributed by atoms with Crippen LogP contribution in [0.25, 0.3) is 0 Å². The fourth-order valence-electron chi connectivity index (χ4n) is 1.91. The summed E-state index contributed by atoms with van der Waals surface area (Å²) in [6, 6.07) is 10.0. The van der Waals surface area contributed by atoms with Crippen LogP contribution in [-0.4, -0.2) is 22.8 Å². The highest BCUT2D eigenvalue weighted by Gasteiger charge is 2.16. The Bertz CT molecular complexity index is 724. The van der Waals surface area contributed by atoms with Crippen LogP contribution in [0, 0.1) is 17.1 Å². The average Bonchev–Trinajstić information content (AvgIpc) is 2.49. The normalized spacial score (nSPS) is 9.95. The van der Waals surface area contributed by atoms with Gasteiger partial charge in [-0.05, 0) is 23.8 Å². The zero-order valence-electron chi connectivity index (χ0n) is 11.4. The monoisotopic (exact) mass is 284 g/mol. The Labute approximate surface area is 121 Å². The molecule has 0 spiro atoms. The van der Waals surface area contributed by atoms with Crippen molar-refractivity contribution in [3.8, 4) is 6.07 Å². The Kier molecular flexibility index (Phi) is 4.14. The second kappa shape index (κ2) is 6.01. The van der Waals surface area contributed by atoms with Crippen molar-refractivity contribution in [1.82, 2.24) is 9.88 Å². The molecule has 2 rings (SSSR count). The Hall–Kier alpha value is -2.94. The maximum Gasteiger partial charge on any atom is 0.257 e. The van der Waals surface area contributed by atoms with Crippen molar-refractivity contribution in [2.45, 2.75) is 6.54 Å². The molecule has 1 heterocycles. The molecule has 0 saturated carbocycles. The fraction of sp³-hybridized carbons (Fsp3) is 0.133. The average molecular weight is 284 g/mol. The van der Waals surface area contributed by atoms with E-state index in [1.54, 1.807) is 31.3 Å². The zero-order valence-corrected chi connectivity index (χ0v) is 11.4. The van der Waals surface area contributed by atoms with Gasteiger partial charge < -0.3 is 10.6 Å². The van der Waals surface area contributed by atoms with Crippen LogP contribution in [0.1, 0.15) is 21.5 Å². The standard InChI is InChI=1S/C15H13FN4O/c1-20(9-11-4-2-3-10(5-11)7-17)15(21)13-6-12(16)8-19-14(13)18/h2-6,8H,9H2,1H3,(H2,18,19). The van der Waals surface area contributed by atoms with E-state index in [4.69, 9.17) is 11.0 Å². The van der Waals surface area contributed by atoms with Gasteiger partial charge in [0.05, 0.1) is 23.4 Å². The van der Waals surface area contributed by atoms with Crippen LogP contribution in [0.15, 0.2) is 36.5 Å². The Morgan fingerprint density at radius 2 is 2.24 bits per heavy atom. The number of halogens is 1. The lowest BCUT2D eigenvalue weighted by Gasteiger charge is -2.18. The minimum absolute atomic E-state index is 0.0148. The number of nitriles is 1. The Balaban J connectivity index is 2.19. The van der Waals surface area contributed by atoms with Gasteiger partial charge in [-0.3, -0.25) is 4.79 Å². The maximum absolute atomic E-state index is 13.2. The number of hydrogen-bond donors (Lipinski definition) is 1. The molecule has 0 aliphatic rings. The van der Waals surface area contributed by atoms with E-state index in [2.05, 4.69) is 4.98 Å². The summed E-state index contributed by atoms with van der Waals surface area (Å²) in [5.41, 5.74) is 6.93. The summed E-state index contributed by atoms with van der Waals surface area (Å²) in [6.07, 6.45) is 0.961. The molecule has 0 radical (unpaired) electrons. The third kappa shape index (κ3) is 3.34. The Morgan fingerprint density at radius 1 is 1.48 bits per heavy atom. The first-order valence-corrected chi connectivity index (χ1v) is 6.17. The number of nitrogens with two attached hydrogens (primary N) is 1. The van der Waals surface area contributed by atoms with Gasteiger partial charge >= 0.3 is 0 Å². The van der Waals surface area contributed by atoms with Crippen LogP contribution in [0.4, 0.5) is 10.2 Å². The number of pyridine rings is 1.